The lowest BCUT2D eigenvalue weighted by atomic mass is 10.1. The highest BCUT2D eigenvalue weighted by atomic mass is 32.1. The molecule has 14 nitrogen and oxygen atoms in total. The summed E-state index contributed by atoms with van der Waals surface area (Å²) in [6.45, 7) is -0.386. The Morgan fingerprint density at radius 1 is 1.00 bits per heavy atom. The van der Waals surface area contributed by atoms with E-state index in [9.17, 15) is 29.1 Å². The molecule has 0 spiro atoms. The van der Waals surface area contributed by atoms with Crippen molar-refractivity contribution in [3.05, 3.63) is 0 Å². The number of nitrogens with zero attached hydrogens (tertiary/aromatic N) is 1. The van der Waals surface area contributed by atoms with Crippen molar-refractivity contribution in [2.75, 3.05) is 18.8 Å². The second kappa shape index (κ2) is 14.0. The van der Waals surface area contributed by atoms with Gasteiger partial charge in [-0.15, -0.1) is 0 Å². The molecular formula is C15H27N7O7S. The van der Waals surface area contributed by atoms with Gasteiger partial charge in [0, 0.05) is 12.3 Å². The minimum absolute atomic E-state index is 0.0443. The molecule has 0 aromatic heterocycles. The SMILES string of the molecule is NC(N)=NCCCC(NC(=O)C(CS)NC(=O)CNC(=O)C(N)CC(=O)O)C(=O)O. The van der Waals surface area contributed by atoms with E-state index in [2.05, 4.69) is 33.6 Å². The highest BCUT2D eigenvalue weighted by Gasteiger charge is 2.26. The van der Waals surface area contributed by atoms with E-state index in [-0.39, 0.29) is 31.1 Å². The first-order valence-electron chi connectivity index (χ1n) is 8.71. The lowest BCUT2D eigenvalue weighted by molar-refractivity contribution is -0.142. The van der Waals surface area contributed by atoms with Crippen LogP contribution < -0.4 is 33.2 Å². The lowest BCUT2D eigenvalue weighted by Crippen LogP contribution is -2.54. The zero-order valence-electron chi connectivity index (χ0n) is 16.0. The third-order valence-electron chi connectivity index (χ3n) is 3.55. The van der Waals surface area contributed by atoms with Crippen LogP contribution in [0.25, 0.3) is 0 Å². The van der Waals surface area contributed by atoms with Crippen molar-refractivity contribution in [1.29, 1.82) is 0 Å². The number of amides is 3. The number of aliphatic imine (C=N–C) groups is 1. The number of carbonyl (C=O) groups is 5. The summed E-state index contributed by atoms with van der Waals surface area (Å²) < 4.78 is 0. The molecule has 0 saturated heterocycles. The zero-order valence-corrected chi connectivity index (χ0v) is 16.9. The van der Waals surface area contributed by atoms with E-state index in [0.717, 1.165) is 0 Å². The minimum atomic E-state index is -1.34. The Kier molecular flexibility index (Phi) is 12.6. The standard InChI is InChI=1S/C15H27N7O7S/c16-7(4-11(24)25)12(26)20-5-10(23)21-9(6-30)13(27)22-8(14(28)29)2-1-3-19-15(17)18/h7-9,30H,1-6,16H2,(H,20,26)(H,21,23)(H,22,27)(H,24,25)(H,28,29)(H4,17,18,19). The summed E-state index contributed by atoms with van der Waals surface area (Å²) in [7, 11) is 0. The van der Waals surface area contributed by atoms with Crippen LogP contribution in [-0.2, 0) is 24.0 Å². The van der Waals surface area contributed by atoms with Gasteiger partial charge in [-0.05, 0) is 12.8 Å². The first-order valence-corrected chi connectivity index (χ1v) is 9.35. The number of hydrogen-bond acceptors (Lipinski definition) is 8. The van der Waals surface area contributed by atoms with Crippen LogP contribution in [0.3, 0.4) is 0 Å². The summed E-state index contributed by atoms with van der Waals surface area (Å²) in [4.78, 5) is 61.3. The Bertz CT molecular complexity index is 670. The Hall–Kier alpha value is -3.07. The maximum absolute atomic E-state index is 12.3. The van der Waals surface area contributed by atoms with Crippen LogP contribution in [0, 0.1) is 0 Å². The Morgan fingerprint density at radius 3 is 2.13 bits per heavy atom. The first-order chi connectivity index (χ1) is 14.0. The number of guanidine groups is 1. The van der Waals surface area contributed by atoms with Crippen molar-refractivity contribution in [1.82, 2.24) is 16.0 Å². The van der Waals surface area contributed by atoms with Gasteiger partial charge < -0.3 is 43.4 Å². The summed E-state index contributed by atoms with van der Waals surface area (Å²) in [5.74, 6) is -5.27. The van der Waals surface area contributed by atoms with Crippen LogP contribution >= 0.6 is 12.6 Å². The molecule has 0 aliphatic heterocycles. The van der Waals surface area contributed by atoms with Crippen molar-refractivity contribution in [3.63, 3.8) is 0 Å². The minimum Gasteiger partial charge on any atom is -0.481 e. The third-order valence-corrected chi connectivity index (χ3v) is 3.91. The molecule has 170 valence electrons. The third kappa shape index (κ3) is 11.7. The fourth-order valence-electron chi connectivity index (χ4n) is 2.05. The van der Waals surface area contributed by atoms with Gasteiger partial charge >= 0.3 is 11.9 Å². The van der Waals surface area contributed by atoms with Crippen molar-refractivity contribution in [2.24, 2.45) is 22.2 Å². The topological polar surface area (TPSA) is 252 Å². The molecule has 0 aliphatic rings. The molecule has 0 radical (unpaired) electrons. The van der Waals surface area contributed by atoms with E-state index < -0.39 is 60.8 Å². The van der Waals surface area contributed by atoms with Crippen LogP contribution in [0.2, 0.25) is 0 Å². The number of carbonyl (C=O) groups excluding carboxylic acids is 3. The van der Waals surface area contributed by atoms with Gasteiger partial charge in [0.1, 0.15) is 12.1 Å². The van der Waals surface area contributed by atoms with Crippen LogP contribution in [-0.4, -0.2) is 82.8 Å². The number of hydrogen-bond donors (Lipinski definition) is 9. The number of thiol groups is 1. The summed E-state index contributed by atoms with van der Waals surface area (Å²) >= 11 is 3.95. The summed E-state index contributed by atoms with van der Waals surface area (Å²) in [6.07, 6.45) is -0.285. The predicted molar refractivity (Wildman–Crippen MR) is 108 cm³/mol. The van der Waals surface area contributed by atoms with Crippen molar-refractivity contribution >= 4 is 48.2 Å². The fourth-order valence-corrected chi connectivity index (χ4v) is 2.31. The predicted octanol–water partition coefficient (Wildman–Crippen LogP) is -4.06. The van der Waals surface area contributed by atoms with E-state index in [1.165, 1.54) is 0 Å². The van der Waals surface area contributed by atoms with Gasteiger partial charge in [0.25, 0.3) is 0 Å². The Labute approximate surface area is 177 Å². The molecule has 0 aromatic carbocycles. The van der Waals surface area contributed by atoms with Gasteiger partial charge in [-0.3, -0.25) is 24.2 Å². The van der Waals surface area contributed by atoms with Crippen LogP contribution in [0.1, 0.15) is 19.3 Å². The maximum Gasteiger partial charge on any atom is 0.326 e. The molecule has 0 heterocycles. The largest absolute Gasteiger partial charge is 0.481 e. The van der Waals surface area contributed by atoms with Crippen LogP contribution in [0.5, 0.6) is 0 Å². The van der Waals surface area contributed by atoms with E-state index in [4.69, 9.17) is 22.3 Å². The van der Waals surface area contributed by atoms with Crippen molar-refractivity contribution in [2.45, 2.75) is 37.4 Å². The number of carboxylic acids is 2. The Balaban J connectivity index is 4.63. The van der Waals surface area contributed by atoms with E-state index in [0.29, 0.717) is 0 Å². The molecular weight excluding hydrogens is 422 g/mol. The van der Waals surface area contributed by atoms with Gasteiger partial charge in [-0.25, -0.2) is 4.79 Å². The lowest BCUT2D eigenvalue weighted by Gasteiger charge is -2.20. The molecule has 30 heavy (non-hydrogen) atoms. The average molecular weight is 449 g/mol. The molecule has 0 saturated carbocycles. The van der Waals surface area contributed by atoms with E-state index >= 15 is 0 Å². The van der Waals surface area contributed by atoms with Crippen molar-refractivity contribution < 1.29 is 34.2 Å². The molecule has 0 fully saturated rings. The van der Waals surface area contributed by atoms with Gasteiger partial charge in [0.15, 0.2) is 5.96 Å². The normalized spacial score (nSPS) is 13.3. The van der Waals surface area contributed by atoms with Gasteiger partial charge in [0.2, 0.25) is 17.7 Å². The van der Waals surface area contributed by atoms with E-state index in [1.807, 2.05) is 0 Å². The molecule has 3 atom stereocenters. The second-order valence-electron chi connectivity index (χ2n) is 6.07. The summed E-state index contributed by atoms with van der Waals surface area (Å²) in [6, 6.07) is -3.75. The monoisotopic (exact) mass is 449 g/mol. The summed E-state index contributed by atoms with van der Waals surface area (Å²) in [5, 5.41) is 24.5. The maximum atomic E-state index is 12.3. The molecule has 3 amide bonds. The van der Waals surface area contributed by atoms with Gasteiger partial charge in [-0.2, -0.15) is 12.6 Å². The van der Waals surface area contributed by atoms with Crippen LogP contribution in [0.4, 0.5) is 0 Å². The Morgan fingerprint density at radius 2 is 1.63 bits per heavy atom. The first kappa shape index (κ1) is 26.9. The number of rotatable bonds is 14. The number of nitrogens with two attached hydrogens (primary N) is 3. The molecule has 3 unspecified atom stereocenters. The molecule has 0 bridgehead atoms. The molecule has 0 aromatic rings. The summed E-state index contributed by atoms with van der Waals surface area (Å²) in [5.41, 5.74) is 15.7. The second-order valence-corrected chi connectivity index (χ2v) is 6.44. The number of carboxylic acid groups (broad SMARTS) is 2. The quantitative estimate of drug-likeness (QED) is 0.0536. The van der Waals surface area contributed by atoms with Gasteiger partial charge in [0.05, 0.1) is 19.0 Å². The highest BCUT2D eigenvalue weighted by molar-refractivity contribution is 7.80. The fraction of sp³-hybridized carbons (Fsp3) is 0.600. The smallest absolute Gasteiger partial charge is 0.326 e. The van der Waals surface area contributed by atoms with Crippen LogP contribution in [0.15, 0.2) is 4.99 Å². The molecule has 0 rings (SSSR count). The number of nitrogens with one attached hydrogen (secondary N) is 3. The zero-order chi connectivity index (χ0) is 23.3. The molecule has 15 heteroatoms. The molecule has 11 N–H and O–H groups in total. The van der Waals surface area contributed by atoms with E-state index in [1.54, 1.807) is 0 Å². The average Bonchev–Trinajstić information content (AvgIpc) is 2.65. The van der Waals surface area contributed by atoms with Gasteiger partial charge in [-0.1, -0.05) is 0 Å². The molecule has 0 aliphatic carbocycles. The number of aliphatic carboxylic acids is 2. The highest BCUT2D eigenvalue weighted by Crippen LogP contribution is 2.00. The van der Waals surface area contributed by atoms with Crippen molar-refractivity contribution in [3.8, 4) is 0 Å².